The van der Waals surface area contributed by atoms with Crippen LogP contribution in [0.1, 0.15) is 28.7 Å². The van der Waals surface area contributed by atoms with Crippen molar-refractivity contribution in [2.24, 2.45) is 0 Å². The summed E-state index contributed by atoms with van der Waals surface area (Å²) in [4.78, 5) is 4.95. The molecule has 13 aromatic carbocycles. The minimum atomic E-state index is 0.133. The van der Waals surface area contributed by atoms with Crippen molar-refractivity contribution in [2.45, 2.75) is 25.3 Å². The van der Waals surface area contributed by atoms with Crippen molar-refractivity contribution in [1.29, 1.82) is 0 Å². The van der Waals surface area contributed by atoms with Gasteiger partial charge in [0.05, 0.1) is 6.04 Å². The van der Waals surface area contributed by atoms with E-state index < -0.39 is 0 Å². The molecule has 368 valence electrons. The minimum Gasteiger partial charge on any atom is -0.334 e. The fraction of sp³-hybridized carbons (Fsp3) is 0.0526. The molecular weight excluding hydrogens is 941 g/mol. The summed E-state index contributed by atoms with van der Waals surface area (Å²) in [5.41, 5.74) is 18.4. The van der Waals surface area contributed by atoms with E-state index in [1.165, 1.54) is 121 Å². The van der Waals surface area contributed by atoms with Crippen LogP contribution < -0.4 is 9.80 Å². The number of benzene rings is 13. The zero-order valence-corrected chi connectivity index (χ0v) is 43.2. The second kappa shape index (κ2) is 19.1. The summed E-state index contributed by atoms with van der Waals surface area (Å²) in [5.74, 6) is 0. The van der Waals surface area contributed by atoms with Gasteiger partial charge in [-0.15, -0.1) is 0 Å². The molecule has 0 bridgehead atoms. The van der Waals surface area contributed by atoms with Crippen molar-refractivity contribution in [3.8, 4) is 33.4 Å². The molecule has 2 aliphatic carbocycles. The zero-order valence-electron chi connectivity index (χ0n) is 43.2. The average molecular weight is 995 g/mol. The molecule has 0 radical (unpaired) electrons. The summed E-state index contributed by atoms with van der Waals surface area (Å²) in [5, 5.41) is 12.6. The van der Waals surface area contributed by atoms with Crippen molar-refractivity contribution in [3.63, 3.8) is 0 Å². The fourth-order valence-electron chi connectivity index (χ4n) is 12.8. The van der Waals surface area contributed by atoms with Crippen LogP contribution in [0.25, 0.3) is 99.4 Å². The molecule has 0 N–H and O–H groups in total. The molecule has 0 saturated heterocycles. The van der Waals surface area contributed by atoms with E-state index in [4.69, 9.17) is 0 Å². The summed E-state index contributed by atoms with van der Waals surface area (Å²) in [6.07, 6.45) is 12.5. The van der Waals surface area contributed by atoms with Crippen LogP contribution in [0.5, 0.6) is 0 Å². The van der Waals surface area contributed by atoms with Crippen molar-refractivity contribution < 1.29 is 0 Å². The first kappa shape index (κ1) is 45.6. The molecule has 0 fully saturated rings. The number of nitrogens with zero attached hydrogens (tertiary/aromatic N) is 2. The van der Waals surface area contributed by atoms with E-state index in [1.54, 1.807) is 0 Å². The third kappa shape index (κ3) is 7.96. The lowest BCUT2D eigenvalue weighted by Crippen LogP contribution is -2.32. The topological polar surface area (TPSA) is 6.48 Å². The largest absolute Gasteiger partial charge is 0.334 e. The number of aryl methyl sites for hydroxylation is 1. The Morgan fingerprint density at radius 1 is 0.359 bits per heavy atom. The predicted octanol–water partition coefficient (Wildman–Crippen LogP) is 20.7. The molecule has 13 aromatic rings. The van der Waals surface area contributed by atoms with Crippen LogP contribution in [0, 0.1) is 0 Å². The van der Waals surface area contributed by atoms with Crippen molar-refractivity contribution in [2.75, 3.05) is 9.80 Å². The maximum atomic E-state index is 2.55. The fourth-order valence-corrected chi connectivity index (χ4v) is 12.8. The molecule has 0 saturated carbocycles. The minimum absolute atomic E-state index is 0.133. The van der Waals surface area contributed by atoms with Gasteiger partial charge in [-0.1, -0.05) is 218 Å². The second-order valence-corrected chi connectivity index (χ2v) is 21.1. The van der Waals surface area contributed by atoms with Gasteiger partial charge in [-0.25, -0.2) is 0 Å². The maximum Gasteiger partial charge on any atom is 0.0566 e. The molecule has 15 rings (SSSR count). The first-order chi connectivity index (χ1) is 38.7. The van der Waals surface area contributed by atoms with Crippen LogP contribution in [0.15, 0.2) is 273 Å². The highest BCUT2D eigenvalue weighted by Crippen LogP contribution is 2.51. The standard InChI is InChI=1S/C76H54N2/c1-2-20-55(21-3-1)72-50-73(56-34-38-62(39-35-56)77(64-42-30-51-16-4-8-22-58(51)46-64)65-43-31-52-17-5-9-23-59(52)47-65)75-70-28-14-12-26-68(70)69-27-13-15-29-71(69)76(75)74(72)57-36-40-63(41-37-57)78(66-44-32-53-18-6-10-24-60(53)48-66)67-45-33-54-19-7-11-25-61(54)49-67/h1-12,14-26,28-48,50,67H,13,27,49H2. The lowest BCUT2D eigenvalue weighted by atomic mass is 9.78. The van der Waals surface area contributed by atoms with Gasteiger partial charge < -0.3 is 9.80 Å². The van der Waals surface area contributed by atoms with Crippen molar-refractivity contribution >= 4 is 94.5 Å². The van der Waals surface area contributed by atoms with E-state index in [-0.39, 0.29) is 6.04 Å². The molecule has 0 heterocycles. The molecule has 78 heavy (non-hydrogen) atoms. The first-order valence-corrected chi connectivity index (χ1v) is 27.5. The van der Waals surface area contributed by atoms with Gasteiger partial charge in [-0.05, 0) is 195 Å². The molecule has 0 spiro atoms. The van der Waals surface area contributed by atoms with Gasteiger partial charge in [-0.3, -0.25) is 0 Å². The number of hydrogen-bond donors (Lipinski definition) is 0. The Balaban J connectivity index is 0.926. The third-order valence-corrected chi connectivity index (χ3v) is 16.6. The number of allylic oxidation sites excluding steroid dienone is 1. The average Bonchev–Trinajstić information content (AvgIpc) is 3.60. The molecule has 0 aliphatic heterocycles. The SMILES string of the molecule is C1=Cc2c(c3ccccc3c3c(-c4ccc(N(c5ccc6ccccc6c5)c5ccc6ccccc6c5)cc4)cc(-c4ccccc4)c(-c4ccc(N(c5ccc6ccccc6c5)C5C=Cc6ccccc6C5)cc4)c23)CC1. The number of rotatable bonds is 9. The van der Waals surface area contributed by atoms with Crippen LogP contribution in [0.2, 0.25) is 0 Å². The molecule has 2 aliphatic rings. The summed E-state index contributed by atoms with van der Waals surface area (Å²) in [6, 6.07) is 97.1. The van der Waals surface area contributed by atoms with E-state index in [0.717, 1.165) is 36.3 Å². The monoisotopic (exact) mass is 994 g/mol. The smallest absolute Gasteiger partial charge is 0.0566 e. The molecular formula is C76H54N2. The Labute approximate surface area is 455 Å². The highest BCUT2D eigenvalue weighted by Gasteiger charge is 2.27. The maximum absolute atomic E-state index is 2.55. The Hall–Kier alpha value is -9.76. The van der Waals surface area contributed by atoms with E-state index in [1.807, 2.05) is 0 Å². The quantitative estimate of drug-likeness (QED) is 0.133. The lowest BCUT2D eigenvalue weighted by Gasteiger charge is -2.34. The molecule has 1 atom stereocenters. The van der Waals surface area contributed by atoms with Gasteiger partial charge in [0, 0.05) is 28.4 Å². The Morgan fingerprint density at radius 2 is 0.885 bits per heavy atom. The first-order valence-electron chi connectivity index (χ1n) is 27.5. The van der Waals surface area contributed by atoms with Gasteiger partial charge in [0.25, 0.3) is 0 Å². The van der Waals surface area contributed by atoms with Crippen molar-refractivity contribution in [1.82, 2.24) is 0 Å². The van der Waals surface area contributed by atoms with Crippen LogP contribution in [-0.4, -0.2) is 6.04 Å². The number of anilines is 5. The molecule has 2 heteroatoms. The van der Waals surface area contributed by atoms with Crippen LogP contribution in [-0.2, 0) is 12.8 Å². The van der Waals surface area contributed by atoms with E-state index >= 15 is 0 Å². The Morgan fingerprint density at radius 3 is 1.56 bits per heavy atom. The van der Waals surface area contributed by atoms with Gasteiger partial charge >= 0.3 is 0 Å². The lowest BCUT2D eigenvalue weighted by molar-refractivity contribution is 0.767. The Bertz CT molecular complexity index is 4450. The van der Waals surface area contributed by atoms with Crippen LogP contribution in [0.4, 0.5) is 28.4 Å². The highest BCUT2D eigenvalue weighted by molar-refractivity contribution is 6.24. The van der Waals surface area contributed by atoms with Gasteiger partial charge in [0.2, 0.25) is 0 Å². The predicted molar refractivity (Wildman–Crippen MR) is 334 cm³/mol. The van der Waals surface area contributed by atoms with E-state index in [9.17, 15) is 0 Å². The molecule has 2 nitrogen and oxygen atoms in total. The van der Waals surface area contributed by atoms with Gasteiger partial charge in [-0.2, -0.15) is 0 Å². The van der Waals surface area contributed by atoms with Gasteiger partial charge in [0.1, 0.15) is 0 Å². The van der Waals surface area contributed by atoms with Gasteiger partial charge in [0.15, 0.2) is 0 Å². The number of hydrogen-bond acceptors (Lipinski definition) is 2. The zero-order chi connectivity index (χ0) is 51.5. The van der Waals surface area contributed by atoms with E-state index in [0.29, 0.717) is 0 Å². The highest BCUT2D eigenvalue weighted by atomic mass is 15.2. The normalized spacial score (nSPS) is 13.8. The summed E-state index contributed by atoms with van der Waals surface area (Å²) in [7, 11) is 0. The number of fused-ring (bicyclic) bond motifs is 10. The van der Waals surface area contributed by atoms with Crippen molar-refractivity contribution in [3.05, 3.63) is 295 Å². The third-order valence-electron chi connectivity index (χ3n) is 16.6. The summed E-state index contributed by atoms with van der Waals surface area (Å²) >= 11 is 0. The van der Waals surface area contributed by atoms with Crippen LogP contribution >= 0.6 is 0 Å². The summed E-state index contributed by atoms with van der Waals surface area (Å²) in [6.45, 7) is 0. The molecule has 1 unspecified atom stereocenters. The van der Waals surface area contributed by atoms with Crippen LogP contribution in [0.3, 0.4) is 0 Å². The van der Waals surface area contributed by atoms with E-state index in [2.05, 4.69) is 295 Å². The second-order valence-electron chi connectivity index (χ2n) is 21.1. The summed E-state index contributed by atoms with van der Waals surface area (Å²) < 4.78 is 0. The molecule has 0 amide bonds. The Kier molecular flexibility index (Phi) is 11.2. The molecule has 0 aromatic heterocycles.